The van der Waals surface area contributed by atoms with E-state index in [0.29, 0.717) is 35.0 Å². The quantitative estimate of drug-likeness (QED) is 0.128. The number of Topliss-reactive ketones (excluding diaryl/α,β-unsaturated/α-hetero) is 1. The lowest BCUT2D eigenvalue weighted by molar-refractivity contribution is -0.132. The number of hydrogen-bond donors (Lipinski definition) is 1. The predicted molar refractivity (Wildman–Crippen MR) is 156 cm³/mol. The van der Waals surface area contributed by atoms with Crippen LogP contribution in [-0.2, 0) is 16.0 Å². The molecule has 1 aromatic heterocycles. The zero-order valence-electron chi connectivity index (χ0n) is 22.4. The highest BCUT2D eigenvalue weighted by Gasteiger charge is 2.48. The van der Waals surface area contributed by atoms with Crippen LogP contribution in [0.5, 0.6) is 11.5 Å². The van der Waals surface area contributed by atoms with Gasteiger partial charge in [-0.1, -0.05) is 42.2 Å². The molecule has 0 unspecified atom stereocenters. The van der Waals surface area contributed by atoms with E-state index in [1.54, 1.807) is 36.4 Å². The van der Waals surface area contributed by atoms with Crippen LogP contribution in [0.2, 0.25) is 0 Å². The number of carbonyl (C=O) groups excluding carboxylic acids is 2. The molecule has 40 heavy (non-hydrogen) atoms. The molecule has 6 rings (SSSR count). The van der Waals surface area contributed by atoms with E-state index in [9.17, 15) is 14.7 Å². The average Bonchev–Trinajstić information content (AvgIpc) is 3.59. The van der Waals surface area contributed by atoms with Crippen LogP contribution < -0.4 is 14.4 Å². The van der Waals surface area contributed by atoms with Gasteiger partial charge in [0.25, 0.3) is 5.78 Å². The van der Waals surface area contributed by atoms with Gasteiger partial charge in [-0.05, 0) is 79.4 Å². The van der Waals surface area contributed by atoms with Gasteiger partial charge in [-0.25, -0.2) is 4.98 Å². The van der Waals surface area contributed by atoms with Crippen molar-refractivity contribution < 1.29 is 24.2 Å². The highest BCUT2D eigenvalue weighted by Crippen LogP contribution is 2.45. The van der Waals surface area contributed by atoms with Crippen molar-refractivity contribution in [2.45, 2.75) is 39.3 Å². The molecule has 202 valence electrons. The molecule has 2 aliphatic heterocycles. The fourth-order valence-electron chi connectivity index (χ4n) is 5.46. The molecule has 2 aliphatic rings. The molecule has 1 amide bonds. The lowest BCUT2D eigenvalue weighted by Crippen LogP contribution is -2.29. The van der Waals surface area contributed by atoms with Crippen LogP contribution in [0.3, 0.4) is 0 Å². The van der Waals surface area contributed by atoms with Crippen LogP contribution in [0.15, 0.2) is 72.8 Å². The van der Waals surface area contributed by atoms with Crippen molar-refractivity contribution in [3.05, 3.63) is 101 Å². The van der Waals surface area contributed by atoms with E-state index in [4.69, 9.17) is 14.5 Å². The third-order valence-electron chi connectivity index (χ3n) is 7.18. The highest BCUT2D eigenvalue weighted by molar-refractivity contribution is 7.22. The summed E-state index contributed by atoms with van der Waals surface area (Å²) in [5.41, 5.74) is 4.87. The SMILES string of the molecule is C=CCOc1cccc([C@H]2C(=C(O)c3ccc4c(c3)C[C@@H](C)O4)C(=O)C(=O)N2c2nc3c(C)cc(C)cc3s2)c1. The van der Waals surface area contributed by atoms with Gasteiger partial charge in [0.2, 0.25) is 0 Å². The maximum atomic E-state index is 13.7. The zero-order chi connectivity index (χ0) is 28.1. The van der Waals surface area contributed by atoms with Crippen molar-refractivity contribution in [3.63, 3.8) is 0 Å². The predicted octanol–water partition coefficient (Wildman–Crippen LogP) is 6.43. The first-order valence-electron chi connectivity index (χ1n) is 13.1. The minimum atomic E-state index is -0.905. The normalized spacial score (nSPS) is 19.6. The molecule has 1 fully saturated rings. The second-order valence-corrected chi connectivity index (χ2v) is 11.2. The van der Waals surface area contributed by atoms with Gasteiger partial charge in [0.1, 0.15) is 30.0 Å². The number of thiazole rings is 1. The first kappa shape index (κ1) is 25.8. The third-order valence-corrected chi connectivity index (χ3v) is 8.18. The number of nitrogens with zero attached hydrogens (tertiary/aromatic N) is 2. The maximum absolute atomic E-state index is 13.7. The second-order valence-electron chi connectivity index (χ2n) is 10.2. The fourth-order valence-corrected chi connectivity index (χ4v) is 6.63. The van der Waals surface area contributed by atoms with Gasteiger partial charge in [0.05, 0.1) is 21.8 Å². The van der Waals surface area contributed by atoms with Crippen molar-refractivity contribution in [2.24, 2.45) is 0 Å². The number of aromatic nitrogens is 1. The molecular weight excluding hydrogens is 524 g/mol. The van der Waals surface area contributed by atoms with E-state index in [0.717, 1.165) is 32.7 Å². The largest absolute Gasteiger partial charge is 0.507 e. The Morgan fingerprint density at radius 1 is 1.20 bits per heavy atom. The number of anilines is 1. The number of fused-ring (bicyclic) bond motifs is 2. The van der Waals surface area contributed by atoms with Gasteiger partial charge < -0.3 is 14.6 Å². The summed E-state index contributed by atoms with van der Waals surface area (Å²) < 4.78 is 12.5. The van der Waals surface area contributed by atoms with Crippen molar-refractivity contribution in [1.82, 2.24) is 4.98 Å². The van der Waals surface area contributed by atoms with Gasteiger partial charge in [-0.15, -0.1) is 0 Å². The third kappa shape index (κ3) is 4.34. The Bertz CT molecular complexity index is 1740. The Morgan fingerprint density at radius 2 is 2.02 bits per heavy atom. The Morgan fingerprint density at radius 3 is 2.83 bits per heavy atom. The number of rotatable bonds is 6. The van der Waals surface area contributed by atoms with Crippen LogP contribution in [0, 0.1) is 13.8 Å². The zero-order valence-corrected chi connectivity index (χ0v) is 23.2. The first-order chi connectivity index (χ1) is 19.2. The van der Waals surface area contributed by atoms with Gasteiger partial charge >= 0.3 is 5.91 Å². The molecule has 0 aliphatic carbocycles. The highest BCUT2D eigenvalue weighted by atomic mass is 32.1. The topological polar surface area (TPSA) is 89.0 Å². The average molecular weight is 553 g/mol. The van der Waals surface area contributed by atoms with Gasteiger partial charge in [-0.3, -0.25) is 14.5 Å². The minimum absolute atomic E-state index is 0.00458. The van der Waals surface area contributed by atoms with Crippen LogP contribution in [0.4, 0.5) is 5.13 Å². The van der Waals surface area contributed by atoms with Crippen LogP contribution in [-0.4, -0.2) is 34.5 Å². The summed E-state index contributed by atoms with van der Waals surface area (Å²) >= 11 is 1.35. The number of ketones is 1. The lowest BCUT2D eigenvalue weighted by atomic mass is 9.94. The summed E-state index contributed by atoms with van der Waals surface area (Å²) in [5, 5.41) is 12.0. The number of hydrogen-bond acceptors (Lipinski definition) is 7. The number of amides is 1. The van der Waals surface area contributed by atoms with Gasteiger partial charge in [0, 0.05) is 12.0 Å². The van der Waals surface area contributed by atoms with Crippen LogP contribution in [0.25, 0.3) is 16.0 Å². The van der Waals surface area contributed by atoms with Crippen LogP contribution in [0.1, 0.15) is 40.8 Å². The number of carbonyl (C=O) groups is 2. The van der Waals surface area contributed by atoms with E-state index < -0.39 is 17.7 Å². The first-order valence-corrected chi connectivity index (χ1v) is 13.9. The molecule has 0 bridgehead atoms. The number of aliphatic hydroxyl groups excluding tert-OH is 1. The molecular formula is C32H28N2O5S. The lowest BCUT2D eigenvalue weighted by Gasteiger charge is -2.23. The summed E-state index contributed by atoms with van der Waals surface area (Å²) in [6.07, 6.45) is 2.37. The van der Waals surface area contributed by atoms with Crippen molar-refractivity contribution >= 4 is 44.1 Å². The fraction of sp³-hybridized carbons (Fsp3) is 0.219. The Labute approximate surface area is 236 Å². The number of benzene rings is 3. The Balaban J connectivity index is 1.54. The van der Waals surface area contributed by atoms with E-state index in [2.05, 4.69) is 6.58 Å². The number of aryl methyl sites for hydroxylation is 2. The summed E-state index contributed by atoms with van der Waals surface area (Å²) in [7, 11) is 0. The molecule has 4 aromatic rings. The standard InChI is InChI=1S/C32H28N2O5S/c1-5-11-38-23-8-6-7-20(16-23)28-26(29(35)21-9-10-24-22(15-21)14-19(4)39-24)30(36)31(37)34(28)32-33-27-18(3)12-17(2)13-25(27)40-32/h5-10,12-13,15-16,19,28,35H,1,11,14H2,2-4H3/t19-,28+/m1/s1. The van der Waals surface area contributed by atoms with Crippen molar-refractivity contribution in [3.8, 4) is 11.5 Å². The monoisotopic (exact) mass is 552 g/mol. The molecule has 1 saturated heterocycles. The molecule has 7 nitrogen and oxygen atoms in total. The summed E-state index contributed by atoms with van der Waals surface area (Å²) in [5.74, 6) is -0.429. The van der Waals surface area contributed by atoms with Crippen LogP contribution >= 0.6 is 11.3 Å². The molecule has 0 radical (unpaired) electrons. The van der Waals surface area contributed by atoms with E-state index >= 15 is 0 Å². The summed E-state index contributed by atoms with van der Waals surface area (Å²) in [6, 6.07) is 15.7. The smallest absolute Gasteiger partial charge is 0.301 e. The Kier molecular flexibility index (Phi) is 6.43. The Hall–Kier alpha value is -4.43. The van der Waals surface area contributed by atoms with E-state index in [1.165, 1.54) is 16.2 Å². The van der Waals surface area contributed by atoms with Crippen molar-refractivity contribution in [2.75, 3.05) is 11.5 Å². The molecule has 3 heterocycles. The minimum Gasteiger partial charge on any atom is -0.507 e. The molecule has 1 N–H and O–H groups in total. The molecule has 8 heteroatoms. The molecule has 0 spiro atoms. The number of ether oxygens (including phenoxy) is 2. The molecule has 0 saturated carbocycles. The maximum Gasteiger partial charge on any atom is 0.301 e. The summed E-state index contributed by atoms with van der Waals surface area (Å²) in [4.78, 5) is 33.5. The number of aliphatic hydroxyl groups is 1. The molecule has 3 aromatic carbocycles. The van der Waals surface area contributed by atoms with Crippen molar-refractivity contribution in [1.29, 1.82) is 0 Å². The summed E-state index contributed by atoms with van der Waals surface area (Å²) in [6.45, 7) is 9.97. The van der Waals surface area contributed by atoms with E-state index in [-0.39, 0.29) is 17.4 Å². The molecule has 2 atom stereocenters. The van der Waals surface area contributed by atoms with Gasteiger partial charge in [0.15, 0.2) is 5.13 Å². The second kappa shape index (κ2) is 9.95. The van der Waals surface area contributed by atoms with E-state index in [1.807, 2.05) is 45.0 Å². The van der Waals surface area contributed by atoms with Gasteiger partial charge in [-0.2, -0.15) is 0 Å².